The van der Waals surface area contributed by atoms with Crippen LogP contribution in [0.15, 0.2) is 24.9 Å². The Morgan fingerprint density at radius 2 is 2.45 bits per heavy atom. The summed E-state index contributed by atoms with van der Waals surface area (Å²) in [6, 6.07) is 5.76. The third-order valence-electron chi connectivity index (χ3n) is 1.34. The molecular formula is C9H8N2. The van der Waals surface area contributed by atoms with Gasteiger partial charge in [0.15, 0.2) is 0 Å². The molecule has 0 unspecified atom stereocenters. The Hall–Kier alpha value is -1.62. The number of pyridine rings is 1. The Kier molecular flexibility index (Phi) is 2.40. The summed E-state index contributed by atoms with van der Waals surface area (Å²) in [5.74, 6) is 0. The van der Waals surface area contributed by atoms with E-state index in [1.807, 2.05) is 18.2 Å². The summed E-state index contributed by atoms with van der Waals surface area (Å²) >= 11 is 0. The molecule has 0 amide bonds. The molecule has 1 aromatic rings. The zero-order valence-electron chi connectivity index (χ0n) is 6.12. The van der Waals surface area contributed by atoms with Crippen molar-refractivity contribution in [2.75, 3.05) is 0 Å². The molecule has 1 rings (SSSR count). The third kappa shape index (κ3) is 1.91. The van der Waals surface area contributed by atoms with Crippen molar-refractivity contribution >= 4 is 6.08 Å². The molecule has 0 aliphatic rings. The van der Waals surface area contributed by atoms with Gasteiger partial charge in [-0.05, 0) is 11.6 Å². The first kappa shape index (κ1) is 7.49. The van der Waals surface area contributed by atoms with E-state index in [2.05, 4.69) is 11.6 Å². The number of hydrogen-bond acceptors (Lipinski definition) is 2. The van der Waals surface area contributed by atoms with Gasteiger partial charge < -0.3 is 0 Å². The van der Waals surface area contributed by atoms with E-state index in [1.54, 1.807) is 12.3 Å². The van der Waals surface area contributed by atoms with E-state index in [9.17, 15) is 0 Å². The second-order valence-corrected chi connectivity index (χ2v) is 2.12. The number of rotatable bonds is 2. The third-order valence-corrected chi connectivity index (χ3v) is 1.34. The lowest BCUT2D eigenvalue weighted by atomic mass is 10.2. The topological polar surface area (TPSA) is 36.7 Å². The molecule has 0 aromatic carbocycles. The van der Waals surface area contributed by atoms with Gasteiger partial charge >= 0.3 is 0 Å². The molecule has 0 saturated heterocycles. The van der Waals surface area contributed by atoms with Gasteiger partial charge in [0.05, 0.1) is 18.2 Å². The highest BCUT2D eigenvalue weighted by atomic mass is 14.7. The molecule has 0 fully saturated rings. The summed E-state index contributed by atoms with van der Waals surface area (Å²) in [6.07, 6.45) is 3.81. The van der Waals surface area contributed by atoms with Gasteiger partial charge in [0.1, 0.15) is 0 Å². The van der Waals surface area contributed by atoms with Crippen LogP contribution in [0.5, 0.6) is 0 Å². The van der Waals surface area contributed by atoms with Crippen LogP contribution in [0.4, 0.5) is 0 Å². The van der Waals surface area contributed by atoms with Crippen LogP contribution in [0.2, 0.25) is 0 Å². The van der Waals surface area contributed by atoms with E-state index in [0.29, 0.717) is 6.42 Å². The fourth-order valence-corrected chi connectivity index (χ4v) is 0.742. The lowest BCUT2D eigenvalue weighted by Gasteiger charge is -1.93. The van der Waals surface area contributed by atoms with Crippen molar-refractivity contribution in [3.05, 3.63) is 36.2 Å². The van der Waals surface area contributed by atoms with E-state index < -0.39 is 0 Å². The molecule has 11 heavy (non-hydrogen) atoms. The summed E-state index contributed by atoms with van der Waals surface area (Å²) < 4.78 is 0. The molecule has 0 aliphatic heterocycles. The highest BCUT2D eigenvalue weighted by Crippen LogP contribution is 2.01. The van der Waals surface area contributed by atoms with Crippen molar-refractivity contribution in [1.29, 1.82) is 5.26 Å². The highest BCUT2D eigenvalue weighted by molar-refractivity contribution is 5.44. The van der Waals surface area contributed by atoms with Gasteiger partial charge in [-0.3, -0.25) is 4.98 Å². The number of hydrogen-bond donors (Lipinski definition) is 0. The Labute approximate surface area is 65.8 Å². The van der Waals surface area contributed by atoms with Crippen LogP contribution in [-0.4, -0.2) is 4.98 Å². The molecule has 2 heteroatoms. The predicted molar refractivity (Wildman–Crippen MR) is 43.6 cm³/mol. The fourth-order valence-electron chi connectivity index (χ4n) is 0.742. The average Bonchev–Trinajstić information content (AvgIpc) is 2.07. The average molecular weight is 144 g/mol. The lowest BCUT2D eigenvalue weighted by molar-refractivity contribution is 1.11. The van der Waals surface area contributed by atoms with E-state index in [-0.39, 0.29) is 0 Å². The summed E-state index contributed by atoms with van der Waals surface area (Å²) in [5, 5.41) is 8.34. The maximum atomic E-state index is 8.34. The van der Waals surface area contributed by atoms with Crippen LogP contribution < -0.4 is 0 Å². The van der Waals surface area contributed by atoms with Crippen LogP contribution in [0.1, 0.15) is 11.3 Å². The number of nitrogens with zero attached hydrogens (tertiary/aromatic N) is 2. The molecule has 1 aromatic heterocycles. The van der Waals surface area contributed by atoms with Gasteiger partial charge in [0.2, 0.25) is 0 Å². The molecule has 0 aliphatic carbocycles. The first-order chi connectivity index (χ1) is 5.36. The maximum Gasteiger partial charge on any atom is 0.0774 e. The lowest BCUT2D eigenvalue weighted by Crippen LogP contribution is -1.86. The molecule has 0 radical (unpaired) electrons. The highest BCUT2D eigenvalue weighted by Gasteiger charge is 1.90. The zero-order chi connectivity index (χ0) is 8.10. The van der Waals surface area contributed by atoms with Crippen LogP contribution in [0, 0.1) is 11.3 Å². The minimum Gasteiger partial charge on any atom is -0.260 e. The van der Waals surface area contributed by atoms with Crippen molar-refractivity contribution in [3.63, 3.8) is 0 Å². The smallest absolute Gasteiger partial charge is 0.0774 e. The largest absolute Gasteiger partial charge is 0.260 e. The molecule has 1 heterocycles. The van der Waals surface area contributed by atoms with E-state index in [4.69, 9.17) is 5.26 Å². The van der Waals surface area contributed by atoms with E-state index in [0.717, 1.165) is 11.3 Å². The SMILES string of the molecule is C=Cc1ccc(CC#N)nc1. The Bertz CT molecular complexity index is 279. The van der Waals surface area contributed by atoms with Crippen molar-refractivity contribution in [3.8, 4) is 6.07 Å². The van der Waals surface area contributed by atoms with Gasteiger partial charge in [-0.1, -0.05) is 18.7 Å². The first-order valence-electron chi connectivity index (χ1n) is 3.31. The number of aromatic nitrogens is 1. The second kappa shape index (κ2) is 3.52. The van der Waals surface area contributed by atoms with Crippen LogP contribution in [0.3, 0.4) is 0 Å². The second-order valence-electron chi connectivity index (χ2n) is 2.12. The summed E-state index contributed by atoms with van der Waals surface area (Å²) in [7, 11) is 0. The minimum atomic E-state index is 0.372. The Morgan fingerprint density at radius 3 is 2.91 bits per heavy atom. The maximum absolute atomic E-state index is 8.34. The van der Waals surface area contributed by atoms with Gasteiger partial charge in [0.25, 0.3) is 0 Å². The molecule has 0 atom stereocenters. The predicted octanol–water partition coefficient (Wildman–Crippen LogP) is 1.79. The zero-order valence-corrected chi connectivity index (χ0v) is 6.12. The van der Waals surface area contributed by atoms with Gasteiger partial charge in [-0.15, -0.1) is 0 Å². The summed E-state index contributed by atoms with van der Waals surface area (Å²) in [6.45, 7) is 3.60. The van der Waals surface area contributed by atoms with Crippen molar-refractivity contribution in [2.24, 2.45) is 0 Å². The Balaban J connectivity index is 2.84. The normalized spacial score (nSPS) is 8.64. The van der Waals surface area contributed by atoms with E-state index in [1.165, 1.54) is 0 Å². The molecule has 0 spiro atoms. The van der Waals surface area contributed by atoms with Crippen molar-refractivity contribution < 1.29 is 0 Å². The molecule has 2 nitrogen and oxygen atoms in total. The Morgan fingerprint density at radius 1 is 1.64 bits per heavy atom. The van der Waals surface area contributed by atoms with E-state index >= 15 is 0 Å². The van der Waals surface area contributed by atoms with Crippen molar-refractivity contribution in [1.82, 2.24) is 4.98 Å². The van der Waals surface area contributed by atoms with Crippen LogP contribution in [-0.2, 0) is 6.42 Å². The van der Waals surface area contributed by atoms with Crippen LogP contribution >= 0.6 is 0 Å². The van der Waals surface area contributed by atoms with Gasteiger partial charge in [-0.2, -0.15) is 5.26 Å². The quantitative estimate of drug-likeness (QED) is 0.634. The minimum absolute atomic E-state index is 0.372. The van der Waals surface area contributed by atoms with Gasteiger partial charge in [0, 0.05) is 6.20 Å². The summed E-state index contributed by atoms with van der Waals surface area (Å²) in [4.78, 5) is 4.05. The first-order valence-corrected chi connectivity index (χ1v) is 3.31. The summed E-state index contributed by atoms with van der Waals surface area (Å²) in [5.41, 5.74) is 1.78. The molecule has 0 bridgehead atoms. The monoisotopic (exact) mass is 144 g/mol. The van der Waals surface area contributed by atoms with Crippen LogP contribution in [0.25, 0.3) is 6.08 Å². The fraction of sp³-hybridized carbons (Fsp3) is 0.111. The standard InChI is InChI=1S/C9H8N2/c1-2-8-3-4-9(5-6-10)11-7-8/h2-4,7H,1,5H2. The molecule has 0 N–H and O–H groups in total. The molecule has 54 valence electrons. The number of nitriles is 1. The van der Waals surface area contributed by atoms with Gasteiger partial charge in [-0.25, -0.2) is 0 Å². The van der Waals surface area contributed by atoms with Crippen molar-refractivity contribution in [2.45, 2.75) is 6.42 Å². The molecule has 0 saturated carbocycles. The molecular weight excluding hydrogens is 136 g/mol.